The Labute approximate surface area is 144 Å². The fraction of sp³-hybridized carbons (Fsp3) is 0.312. The van der Waals surface area contributed by atoms with Crippen LogP contribution in [0.1, 0.15) is 11.1 Å². The summed E-state index contributed by atoms with van der Waals surface area (Å²) in [5, 5.41) is 3.98. The normalized spacial score (nSPS) is 16.8. The Hall–Kier alpha value is -2.78. The highest BCUT2D eigenvalue weighted by atomic mass is 19.4. The summed E-state index contributed by atoms with van der Waals surface area (Å²) in [7, 11) is 0. The van der Waals surface area contributed by atoms with E-state index in [0.717, 1.165) is 27.8 Å². The summed E-state index contributed by atoms with van der Waals surface area (Å²) in [6, 6.07) is 3.46. The third-order valence-corrected chi connectivity index (χ3v) is 3.70. The zero-order chi connectivity index (χ0) is 19.1. The Kier molecular flexibility index (Phi) is 4.29. The van der Waals surface area contributed by atoms with Crippen molar-refractivity contribution in [1.82, 2.24) is 19.7 Å². The molecule has 0 aliphatic carbocycles. The third kappa shape index (κ3) is 3.89. The van der Waals surface area contributed by atoms with Gasteiger partial charge in [0.15, 0.2) is 5.82 Å². The second-order valence-electron chi connectivity index (χ2n) is 6.00. The van der Waals surface area contributed by atoms with Crippen LogP contribution in [0.5, 0.6) is 0 Å². The summed E-state index contributed by atoms with van der Waals surface area (Å²) in [4.78, 5) is 16.6. The van der Waals surface area contributed by atoms with Crippen LogP contribution in [0.4, 0.5) is 22.0 Å². The average Bonchev–Trinajstić information content (AvgIpc) is 2.97. The third-order valence-electron chi connectivity index (χ3n) is 3.70. The van der Waals surface area contributed by atoms with Crippen molar-refractivity contribution in [3.63, 3.8) is 0 Å². The standard InChI is InChI=1S/C16H13F5N4O/c1-10-4-11(6-12(5-10)16(19,20)21)14-22-9-25(23-14)3-2-13(26)24-7-15(17,18)8-24/h2-6,9H,7-8H2,1H3/b3-2+. The van der Waals surface area contributed by atoms with Crippen LogP contribution in [0.3, 0.4) is 0 Å². The summed E-state index contributed by atoms with van der Waals surface area (Å²) < 4.78 is 65.3. The lowest BCUT2D eigenvalue weighted by atomic mass is 10.1. The molecule has 1 aliphatic heterocycles. The Bertz CT molecular complexity index is 864. The molecule has 0 bridgehead atoms. The number of rotatable bonds is 3. The smallest absolute Gasteiger partial charge is 0.327 e. The molecule has 0 spiro atoms. The molecule has 1 aromatic heterocycles. The van der Waals surface area contributed by atoms with E-state index in [9.17, 15) is 26.7 Å². The van der Waals surface area contributed by atoms with Crippen molar-refractivity contribution in [1.29, 1.82) is 0 Å². The number of alkyl halides is 5. The zero-order valence-electron chi connectivity index (χ0n) is 13.5. The van der Waals surface area contributed by atoms with Crippen molar-refractivity contribution >= 4 is 12.1 Å². The minimum Gasteiger partial charge on any atom is -0.327 e. The molecule has 26 heavy (non-hydrogen) atoms. The van der Waals surface area contributed by atoms with E-state index < -0.39 is 36.7 Å². The van der Waals surface area contributed by atoms with Gasteiger partial charge in [0.05, 0.1) is 18.7 Å². The van der Waals surface area contributed by atoms with Crippen LogP contribution in [0.2, 0.25) is 0 Å². The number of likely N-dealkylation sites (tertiary alicyclic amines) is 1. The fourth-order valence-electron chi connectivity index (χ4n) is 2.47. The number of aryl methyl sites for hydroxylation is 1. The second kappa shape index (κ2) is 6.19. The van der Waals surface area contributed by atoms with Crippen LogP contribution >= 0.6 is 0 Å². The fourth-order valence-corrected chi connectivity index (χ4v) is 2.47. The van der Waals surface area contributed by atoms with E-state index in [2.05, 4.69) is 10.1 Å². The van der Waals surface area contributed by atoms with Crippen molar-refractivity contribution in [3.8, 4) is 11.4 Å². The van der Waals surface area contributed by atoms with Crippen molar-refractivity contribution in [3.05, 3.63) is 41.7 Å². The van der Waals surface area contributed by atoms with Gasteiger partial charge in [-0.1, -0.05) is 0 Å². The van der Waals surface area contributed by atoms with Crippen LogP contribution in [0, 0.1) is 6.92 Å². The quantitative estimate of drug-likeness (QED) is 0.614. The molecule has 2 heterocycles. The number of amides is 1. The molecule has 1 amide bonds. The Balaban J connectivity index is 1.75. The van der Waals surface area contributed by atoms with E-state index in [0.29, 0.717) is 5.56 Å². The summed E-state index contributed by atoms with van der Waals surface area (Å²) >= 11 is 0. The minimum atomic E-state index is -4.49. The summed E-state index contributed by atoms with van der Waals surface area (Å²) in [6.07, 6.45) is -1.03. The molecule has 2 aromatic rings. The Morgan fingerprint density at radius 1 is 1.23 bits per heavy atom. The van der Waals surface area contributed by atoms with Gasteiger partial charge in [0.25, 0.3) is 5.92 Å². The number of carbonyl (C=O) groups is 1. The lowest BCUT2D eigenvalue weighted by Crippen LogP contribution is -2.58. The maximum Gasteiger partial charge on any atom is 0.416 e. The van der Waals surface area contributed by atoms with Gasteiger partial charge in [-0.2, -0.15) is 13.2 Å². The molecular weight excluding hydrogens is 359 g/mol. The largest absolute Gasteiger partial charge is 0.416 e. The van der Waals surface area contributed by atoms with Crippen molar-refractivity contribution in [2.24, 2.45) is 0 Å². The molecule has 0 saturated carbocycles. The van der Waals surface area contributed by atoms with Crippen molar-refractivity contribution in [2.45, 2.75) is 19.0 Å². The molecule has 1 aliphatic rings. The van der Waals surface area contributed by atoms with Crippen LogP contribution < -0.4 is 0 Å². The van der Waals surface area contributed by atoms with Gasteiger partial charge >= 0.3 is 6.18 Å². The maximum absolute atomic E-state index is 12.9. The number of aromatic nitrogens is 3. The zero-order valence-corrected chi connectivity index (χ0v) is 13.5. The molecule has 10 heteroatoms. The molecule has 5 nitrogen and oxygen atoms in total. The van der Waals surface area contributed by atoms with Crippen molar-refractivity contribution in [2.75, 3.05) is 13.1 Å². The van der Waals surface area contributed by atoms with Crippen LogP contribution in [-0.2, 0) is 11.0 Å². The first-order valence-corrected chi connectivity index (χ1v) is 7.49. The topological polar surface area (TPSA) is 51.0 Å². The Morgan fingerprint density at radius 3 is 2.54 bits per heavy atom. The first-order valence-electron chi connectivity index (χ1n) is 7.49. The van der Waals surface area contributed by atoms with E-state index in [-0.39, 0.29) is 11.4 Å². The number of carbonyl (C=O) groups excluding carboxylic acids is 1. The molecule has 3 rings (SSSR count). The molecule has 1 fully saturated rings. The number of nitrogens with zero attached hydrogens (tertiary/aromatic N) is 4. The van der Waals surface area contributed by atoms with E-state index in [4.69, 9.17) is 0 Å². The predicted octanol–water partition coefficient (Wildman–Crippen LogP) is 3.22. The highest BCUT2D eigenvalue weighted by Crippen LogP contribution is 2.32. The molecule has 138 valence electrons. The van der Waals surface area contributed by atoms with Crippen molar-refractivity contribution < 1.29 is 26.7 Å². The Morgan fingerprint density at radius 2 is 1.92 bits per heavy atom. The lowest BCUT2D eigenvalue weighted by Gasteiger charge is -2.37. The molecule has 1 saturated heterocycles. The van der Waals surface area contributed by atoms with Gasteiger partial charge < -0.3 is 4.90 Å². The molecule has 0 radical (unpaired) electrons. The number of halogens is 5. The molecule has 0 unspecified atom stereocenters. The average molecular weight is 372 g/mol. The SMILES string of the molecule is Cc1cc(-c2ncn(/C=C/C(=O)N3CC(F)(F)C3)n2)cc(C(F)(F)F)c1. The molecule has 0 N–H and O–H groups in total. The molecule has 0 atom stereocenters. The van der Waals surface area contributed by atoms with Gasteiger partial charge in [0.2, 0.25) is 5.91 Å². The van der Waals surface area contributed by atoms with Gasteiger partial charge in [0, 0.05) is 17.8 Å². The van der Waals surface area contributed by atoms with Gasteiger partial charge in [-0.25, -0.2) is 18.4 Å². The number of hydrogen-bond acceptors (Lipinski definition) is 3. The molecular formula is C16H13F5N4O. The second-order valence-corrected chi connectivity index (χ2v) is 6.00. The maximum atomic E-state index is 12.9. The first-order chi connectivity index (χ1) is 12.0. The van der Waals surface area contributed by atoms with Gasteiger partial charge in [-0.05, 0) is 30.7 Å². The molecule has 1 aromatic carbocycles. The van der Waals surface area contributed by atoms with Gasteiger partial charge in [0.1, 0.15) is 6.33 Å². The van der Waals surface area contributed by atoms with Crippen LogP contribution in [0.25, 0.3) is 17.6 Å². The summed E-state index contributed by atoms with van der Waals surface area (Å²) in [5.74, 6) is -3.42. The number of benzene rings is 1. The number of hydrogen-bond donors (Lipinski definition) is 0. The highest BCUT2D eigenvalue weighted by Gasteiger charge is 2.45. The van der Waals surface area contributed by atoms with Gasteiger partial charge in [-0.15, -0.1) is 5.10 Å². The van der Waals surface area contributed by atoms with Gasteiger partial charge in [-0.3, -0.25) is 4.79 Å². The lowest BCUT2D eigenvalue weighted by molar-refractivity contribution is -0.160. The summed E-state index contributed by atoms with van der Waals surface area (Å²) in [6.45, 7) is 0.252. The van der Waals surface area contributed by atoms with E-state index in [1.165, 1.54) is 25.5 Å². The predicted molar refractivity (Wildman–Crippen MR) is 82.1 cm³/mol. The highest BCUT2D eigenvalue weighted by molar-refractivity contribution is 5.90. The van der Waals surface area contributed by atoms with Crippen LogP contribution in [-0.4, -0.2) is 44.6 Å². The van der Waals surface area contributed by atoms with E-state index in [1.807, 2.05) is 0 Å². The summed E-state index contributed by atoms with van der Waals surface area (Å²) in [5.41, 5.74) is -0.234. The monoisotopic (exact) mass is 372 g/mol. The van der Waals surface area contributed by atoms with E-state index >= 15 is 0 Å². The first kappa shape index (κ1) is 18.0. The minimum absolute atomic E-state index is 0.0479. The van der Waals surface area contributed by atoms with Crippen LogP contribution in [0.15, 0.2) is 30.6 Å². The van der Waals surface area contributed by atoms with E-state index in [1.54, 1.807) is 0 Å².